The molecule has 30 heavy (non-hydrogen) atoms. The zero-order valence-corrected chi connectivity index (χ0v) is 16.7. The van der Waals surface area contributed by atoms with Crippen molar-refractivity contribution in [1.82, 2.24) is 0 Å². The number of para-hydroxylation sites is 1. The molecule has 0 aliphatic carbocycles. The Labute approximate surface area is 175 Å². The maximum absolute atomic E-state index is 12.2. The summed E-state index contributed by atoms with van der Waals surface area (Å²) < 4.78 is 16.2. The minimum Gasteiger partial charge on any atom is -0.493 e. The molecule has 0 radical (unpaired) electrons. The molecule has 0 fully saturated rings. The number of benzene rings is 3. The van der Waals surface area contributed by atoms with Gasteiger partial charge in [0.05, 0.1) is 6.61 Å². The van der Waals surface area contributed by atoms with Gasteiger partial charge in [-0.25, -0.2) is 4.79 Å². The van der Waals surface area contributed by atoms with Crippen molar-refractivity contribution in [3.05, 3.63) is 90.0 Å². The highest BCUT2D eigenvalue weighted by molar-refractivity contribution is 5.96. The van der Waals surface area contributed by atoms with E-state index in [2.05, 4.69) is 5.32 Å². The van der Waals surface area contributed by atoms with Gasteiger partial charge in [-0.15, -0.1) is 0 Å². The molecular formula is C24H23NO5. The minimum atomic E-state index is -0.612. The van der Waals surface area contributed by atoms with Crippen LogP contribution in [-0.2, 0) is 16.1 Å². The minimum absolute atomic E-state index is 0.284. The second-order valence-corrected chi connectivity index (χ2v) is 6.35. The quantitative estimate of drug-likeness (QED) is 0.532. The first-order valence-electron chi connectivity index (χ1n) is 9.61. The number of nitrogens with one attached hydrogen (secondary N) is 1. The van der Waals surface area contributed by atoms with Gasteiger partial charge >= 0.3 is 5.97 Å². The van der Waals surface area contributed by atoms with Crippen LogP contribution in [0, 0.1) is 0 Å². The Morgan fingerprint density at radius 2 is 1.53 bits per heavy atom. The molecule has 0 unspecified atom stereocenters. The molecule has 6 heteroatoms. The Morgan fingerprint density at radius 1 is 0.833 bits per heavy atom. The van der Waals surface area contributed by atoms with Crippen LogP contribution in [0.3, 0.4) is 0 Å². The number of esters is 1. The lowest BCUT2D eigenvalue weighted by atomic mass is 10.2. The summed E-state index contributed by atoms with van der Waals surface area (Å²) in [6.45, 7) is 2.32. The first-order valence-corrected chi connectivity index (χ1v) is 9.61. The van der Waals surface area contributed by atoms with Gasteiger partial charge in [-0.3, -0.25) is 4.79 Å². The lowest BCUT2D eigenvalue weighted by Crippen LogP contribution is -2.21. The molecule has 3 aromatic carbocycles. The molecule has 1 N–H and O–H groups in total. The number of hydrogen-bond donors (Lipinski definition) is 1. The van der Waals surface area contributed by atoms with Gasteiger partial charge in [0.25, 0.3) is 5.91 Å². The van der Waals surface area contributed by atoms with Crippen molar-refractivity contribution >= 4 is 17.6 Å². The Hall–Kier alpha value is -3.80. The number of anilines is 1. The highest BCUT2D eigenvalue weighted by atomic mass is 16.5. The van der Waals surface area contributed by atoms with Crippen LogP contribution >= 0.6 is 0 Å². The molecule has 0 saturated carbocycles. The fraction of sp³-hybridized carbons (Fsp3) is 0.167. The lowest BCUT2D eigenvalue weighted by molar-refractivity contribution is -0.119. The topological polar surface area (TPSA) is 73.9 Å². The maximum atomic E-state index is 12.2. The third-order valence-electron chi connectivity index (χ3n) is 4.13. The summed E-state index contributed by atoms with van der Waals surface area (Å²) in [5.41, 5.74) is 1.94. The fourth-order valence-electron chi connectivity index (χ4n) is 2.70. The highest BCUT2D eigenvalue weighted by Gasteiger charge is 2.15. The maximum Gasteiger partial charge on any atom is 0.342 e. The number of ether oxygens (including phenoxy) is 3. The van der Waals surface area contributed by atoms with Crippen LogP contribution in [-0.4, -0.2) is 25.1 Å². The fourth-order valence-corrected chi connectivity index (χ4v) is 2.70. The molecule has 0 aliphatic rings. The summed E-state index contributed by atoms with van der Waals surface area (Å²) in [5, 5.41) is 2.69. The van der Waals surface area contributed by atoms with E-state index in [0.717, 1.165) is 5.56 Å². The lowest BCUT2D eigenvalue weighted by Gasteiger charge is -2.10. The molecular weight excluding hydrogens is 382 g/mol. The zero-order valence-electron chi connectivity index (χ0n) is 16.7. The second-order valence-electron chi connectivity index (χ2n) is 6.35. The van der Waals surface area contributed by atoms with Gasteiger partial charge in [-0.05, 0) is 48.9 Å². The van der Waals surface area contributed by atoms with E-state index in [-0.39, 0.29) is 5.56 Å². The molecule has 0 aliphatic heterocycles. The Kier molecular flexibility index (Phi) is 7.44. The van der Waals surface area contributed by atoms with Gasteiger partial charge in [-0.1, -0.05) is 42.5 Å². The molecule has 6 nitrogen and oxygen atoms in total. The number of amides is 1. The number of rotatable bonds is 9. The Morgan fingerprint density at radius 3 is 2.27 bits per heavy atom. The van der Waals surface area contributed by atoms with Gasteiger partial charge in [0.1, 0.15) is 23.7 Å². The van der Waals surface area contributed by atoms with Crippen molar-refractivity contribution in [2.75, 3.05) is 18.5 Å². The van der Waals surface area contributed by atoms with Gasteiger partial charge in [0.2, 0.25) is 0 Å². The number of carbonyl (C=O) groups excluding carboxylic acids is 2. The average molecular weight is 405 g/mol. The van der Waals surface area contributed by atoms with Crippen molar-refractivity contribution in [3.63, 3.8) is 0 Å². The molecule has 0 bridgehead atoms. The molecule has 154 valence electrons. The van der Waals surface area contributed by atoms with E-state index in [1.54, 1.807) is 48.5 Å². The molecule has 0 atom stereocenters. The molecule has 0 aromatic heterocycles. The van der Waals surface area contributed by atoms with Crippen LogP contribution in [0.2, 0.25) is 0 Å². The smallest absolute Gasteiger partial charge is 0.342 e. The van der Waals surface area contributed by atoms with E-state index < -0.39 is 18.5 Å². The van der Waals surface area contributed by atoms with Crippen LogP contribution in [0.25, 0.3) is 0 Å². The summed E-state index contributed by atoms with van der Waals surface area (Å²) in [6, 6.07) is 23.6. The van der Waals surface area contributed by atoms with Crippen LogP contribution in [0.1, 0.15) is 22.8 Å². The largest absolute Gasteiger partial charge is 0.493 e. The normalized spacial score (nSPS) is 10.2. The monoisotopic (exact) mass is 405 g/mol. The van der Waals surface area contributed by atoms with E-state index in [1.165, 1.54) is 0 Å². The van der Waals surface area contributed by atoms with Gasteiger partial charge < -0.3 is 19.5 Å². The molecule has 3 rings (SSSR count). The third-order valence-corrected chi connectivity index (χ3v) is 4.13. The number of carbonyl (C=O) groups is 2. The highest BCUT2D eigenvalue weighted by Crippen LogP contribution is 2.19. The second kappa shape index (κ2) is 10.7. The van der Waals surface area contributed by atoms with Crippen molar-refractivity contribution in [3.8, 4) is 11.5 Å². The van der Waals surface area contributed by atoms with Crippen LogP contribution in [0.15, 0.2) is 78.9 Å². The van der Waals surface area contributed by atoms with E-state index in [1.807, 2.05) is 37.3 Å². The summed E-state index contributed by atoms with van der Waals surface area (Å²) in [5.74, 6) is 0.0707. The van der Waals surface area contributed by atoms with Gasteiger partial charge in [0.15, 0.2) is 6.61 Å². The Balaban J connectivity index is 1.47. The molecule has 1 amide bonds. The summed E-state index contributed by atoms with van der Waals surface area (Å²) in [4.78, 5) is 24.3. The summed E-state index contributed by atoms with van der Waals surface area (Å²) in [6.07, 6.45) is 0. The van der Waals surface area contributed by atoms with Crippen LogP contribution < -0.4 is 14.8 Å². The first kappa shape index (κ1) is 20.9. The third kappa shape index (κ3) is 6.10. The Bertz CT molecular complexity index is 970. The summed E-state index contributed by atoms with van der Waals surface area (Å²) >= 11 is 0. The van der Waals surface area contributed by atoms with E-state index >= 15 is 0 Å². The first-order chi connectivity index (χ1) is 14.7. The zero-order chi connectivity index (χ0) is 21.2. The van der Waals surface area contributed by atoms with E-state index in [4.69, 9.17) is 14.2 Å². The summed E-state index contributed by atoms with van der Waals surface area (Å²) in [7, 11) is 0. The predicted octanol–water partition coefficient (Wildman–Crippen LogP) is 4.46. The van der Waals surface area contributed by atoms with Gasteiger partial charge in [-0.2, -0.15) is 0 Å². The standard InChI is InChI=1S/C24H23NO5/c1-2-28-22-11-7-6-10-21(22)24(27)30-17-23(26)25-19-12-14-20(15-13-19)29-16-18-8-4-3-5-9-18/h3-15H,2,16-17H2,1H3,(H,25,26). The molecule has 3 aromatic rings. The van der Waals surface area contributed by atoms with E-state index in [9.17, 15) is 9.59 Å². The predicted molar refractivity (Wildman–Crippen MR) is 114 cm³/mol. The average Bonchev–Trinajstić information content (AvgIpc) is 2.78. The van der Waals surface area contributed by atoms with Crippen molar-refractivity contribution < 1.29 is 23.8 Å². The molecule has 0 heterocycles. The van der Waals surface area contributed by atoms with Crippen LogP contribution in [0.5, 0.6) is 11.5 Å². The molecule has 0 spiro atoms. The van der Waals surface area contributed by atoms with Crippen molar-refractivity contribution in [2.24, 2.45) is 0 Å². The van der Waals surface area contributed by atoms with Crippen molar-refractivity contribution in [2.45, 2.75) is 13.5 Å². The number of hydrogen-bond acceptors (Lipinski definition) is 5. The van der Waals surface area contributed by atoms with E-state index in [0.29, 0.717) is 30.4 Å². The van der Waals surface area contributed by atoms with Gasteiger partial charge in [0, 0.05) is 5.69 Å². The van der Waals surface area contributed by atoms with Crippen LogP contribution in [0.4, 0.5) is 5.69 Å². The molecule has 0 saturated heterocycles. The van der Waals surface area contributed by atoms with Crippen molar-refractivity contribution in [1.29, 1.82) is 0 Å². The SMILES string of the molecule is CCOc1ccccc1C(=O)OCC(=O)Nc1ccc(OCc2ccccc2)cc1.